The lowest BCUT2D eigenvalue weighted by Crippen LogP contribution is -1.96. The maximum Gasteiger partial charge on any atom is 0.0509 e. The third-order valence-electron chi connectivity index (χ3n) is 3.20. The average molecular weight is 213 g/mol. The van der Waals surface area contributed by atoms with Gasteiger partial charge in [0.1, 0.15) is 0 Å². The van der Waals surface area contributed by atoms with Crippen molar-refractivity contribution in [2.24, 2.45) is 7.05 Å². The molecular weight excluding hydrogens is 194 g/mol. The zero-order valence-electron chi connectivity index (χ0n) is 10.2. The number of allylic oxidation sites excluding steroid dienone is 1. The van der Waals surface area contributed by atoms with Crippen molar-refractivity contribution in [2.45, 2.75) is 26.2 Å². The normalized spacial score (nSPS) is 10.9. The van der Waals surface area contributed by atoms with Crippen molar-refractivity contribution in [3.05, 3.63) is 48.2 Å². The topological polar surface area (TPSA) is 4.93 Å². The van der Waals surface area contributed by atoms with Crippen molar-refractivity contribution in [2.75, 3.05) is 0 Å². The van der Waals surface area contributed by atoms with E-state index in [-0.39, 0.29) is 0 Å². The average Bonchev–Trinajstić information content (AvgIpc) is 2.58. The van der Waals surface area contributed by atoms with Crippen LogP contribution in [0.1, 0.15) is 24.1 Å². The number of hydrogen-bond donors (Lipinski definition) is 0. The summed E-state index contributed by atoms with van der Waals surface area (Å²) in [5.74, 6) is 0. The van der Waals surface area contributed by atoms with Gasteiger partial charge in [0, 0.05) is 18.1 Å². The maximum atomic E-state index is 3.76. The van der Waals surface area contributed by atoms with Crippen LogP contribution in [0.2, 0.25) is 0 Å². The van der Waals surface area contributed by atoms with E-state index in [1.165, 1.54) is 28.6 Å². The number of nitrogens with zero attached hydrogens (tertiary/aromatic N) is 1. The van der Waals surface area contributed by atoms with E-state index in [1.807, 2.05) is 6.08 Å². The van der Waals surface area contributed by atoms with Gasteiger partial charge in [0.05, 0.1) is 5.52 Å². The Bertz CT molecular complexity index is 505. The van der Waals surface area contributed by atoms with Crippen LogP contribution in [0.15, 0.2) is 36.9 Å². The Labute approximate surface area is 97.4 Å². The number of aromatic nitrogens is 1. The molecule has 0 radical (unpaired) electrons. The van der Waals surface area contributed by atoms with Crippen LogP contribution in [-0.4, -0.2) is 4.57 Å². The number of hydrogen-bond acceptors (Lipinski definition) is 0. The van der Waals surface area contributed by atoms with E-state index in [2.05, 4.69) is 49.4 Å². The van der Waals surface area contributed by atoms with E-state index >= 15 is 0 Å². The van der Waals surface area contributed by atoms with Crippen LogP contribution in [0.3, 0.4) is 0 Å². The maximum absolute atomic E-state index is 3.76. The fourth-order valence-electron chi connectivity index (χ4n) is 2.34. The molecule has 84 valence electrons. The van der Waals surface area contributed by atoms with Crippen LogP contribution < -0.4 is 0 Å². The van der Waals surface area contributed by atoms with E-state index in [9.17, 15) is 0 Å². The summed E-state index contributed by atoms with van der Waals surface area (Å²) in [6, 6.07) is 8.81. The number of aryl methyl sites for hydroxylation is 3. The Kier molecular flexibility index (Phi) is 3.14. The minimum absolute atomic E-state index is 1.10. The van der Waals surface area contributed by atoms with Gasteiger partial charge >= 0.3 is 0 Å². The molecule has 1 aromatic heterocycles. The van der Waals surface area contributed by atoms with Gasteiger partial charge in [-0.2, -0.15) is 0 Å². The molecule has 0 unspecified atom stereocenters. The van der Waals surface area contributed by atoms with Gasteiger partial charge in [0.25, 0.3) is 0 Å². The predicted octanol–water partition coefficient (Wildman–Crippen LogP) is 4.00. The summed E-state index contributed by atoms with van der Waals surface area (Å²) in [6.45, 7) is 5.94. The summed E-state index contributed by atoms with van der Waals surface area (Å²) in [7, 11) is 2.17. The minimum atomic E-state index is 1.10. The molecule has 2 rings (SSSR count). The first-order chi connectivity index (χ1) is 7.74. The third kappa shape index (κ3) is 1.90. The number of fused-ring (bicyclic) bond motifs is 1. The second-order valence-electron chi connectivity index (χ2n) is 4.39. The van der Waals surface area contributed by atoms with Crippen molar-refractivity contribution in [3.63, 3.8) is 0 Å². The minimum Gasteiger partial charge on any atom is -0.347 e. The highest BCUT2D eigenvalue weighted by Crippen LogP contribution is 2.22. The molecule has 0 aliphatic heterocycles. The van der Waals surface area contributed by atoms with Gasteiger partial charge in [-0.05, 0) is 37.8 Å². The molecule has 1 heteroatoms. The van der Waals surface area contributed by atoms with Crippen LogP contribution in [0, 0.1) is 6.92 Å². The first kappa shape index (κ1) is 11.0. The van der Waals surface area contributed by atoms with Crippen molar-refractivity contribution >= 4 is 10.9 Å². The second kappa shape index (κ2) is 4.56. The summed E-state index contributed by atoms with van der Waals surface area (Å²) in [5, 5.41) is 1.36. The third-order valence-corrected chi connectivity index (χ3v) is 3.20. The predicted molar refractivity (Wildman–Crippen MR) is 70.8 cm³/mol. The van der Waals surface area contributed by atoms with Gasteiger partial charge in [-0.15, -0.1) is 6.58 Å². The zero-order valence-corrected chi connectivity index (χ0v) is 10.2. The highest BCUT2D eigenvalue weighted by Gasteiger charge is 2.06. The molecule has 0 fully saturated rings. The molecule has 2 aromatic rings. The summed E-state index contributed by atoms with van der Waals surface area (Å²) in [6.07, 6.45) is 5.41. The van der Waals surface area contributed by atoms with Crippen LogP contribution in [0.5, 0.6) is 0 Å². The Morgan fingerprint density at radius 1 is 1.38 bits per heavy atom. The molecule has 0 atom stereocenters. The molecule has 1 aromatic carbocycles. The van der Waals surface area contributed by atoms with Gasteiger partial charge in [-0.1, -0.05) is 24.3 Å². The van der Waals surface area contributed by atoms with Crippen molar-refractivity contribution in [1.82, 2.24) is 4.57 Å². The van der Waals surface area contributed by atoms with Crippen LogP contribution in [0.4, 0.5) is 0 Å². The Balaban J connectivity index is 2.36. The SMILES string of the molecule is C=CCCCc1cc2cccc(C)c2n1C. The summed E-state index contributed by atoms with van der Waals surface area (Å²) in [4.78, 5) is 0. The highest BCUT2D eigenvalue weighted by molar-refractivity contribution is 5.84. The smallest absolute Gasteiger partial charge is 0.0509 e. The monoisotopic (exact) mass is 213 g/mol. The summed E-state index contributed by atoms with van der Waals surface area (Å²) in [5.41, 5.74) is 4.15. The van der Waals surface area contributed by atoms with Crippen molar-refractivity contribution in [3.8, 4) is 0 Å². The number of unbranched alkanes of at least 4 members (excludes halogenated alkanes) is 1. The number of rotatable bonds is 4. The van der Waals surface area contributed by atoms with E-state index in [0.717, 1.165) is 12.8 Å². The molecule has 0 bridgehead atoms. The Morgan fingerprint density at radius 3 is 2.88 bits per heavy atom. The highest BCUT2D eigenvalue weighted by atomic mass is 14.9. The number of para-hydroxylation sites is 1. The van der Waals surface area contributed by atoms with Crippen molar-refractivity contribution < 1.29 is 0 Å². The largest absolute Gasteiger partial charge is 0.347 e. The first-order valence-corrected chi connectivity index (χ1v) is 5.89. The Morgan fingerprint density at radius 2 is 2.19 bits per heavy atom. The van der Waals surface area contributed by atoms with Crippen LogP contribution in [0.25, 0.3) is 10.9 Å². The lowest BCUT2D eigenvalue weighted by atomic mass is 10.1. The first-order valence-electron chi connectivity index (χ1n) is 5.89. The van der Waals surface area contributed by atoms with Crippen LogP contribution in [-0.2, 0) is 13.5 Å². The lowest BCUT2D eigenvalue weighted by Gasteiger charge is -2.04. The van der Waals surface area contributed by atoms with Gasteiger partial charge in [-0.3, -0.25) is 0 Å². The quantitative estimate of drug-likeness (QED) is 0.534. The van der Waals surface area contributed by atoms with E-state index in [0.29, 0.717) is 0 Å². The molecule has 16 heavy (non-hydrogen) atoms. The molecule has 0 aliphatic carbocycles. The van der Waals surface area contributed by atoms with E-state index in [1.54, 1.807) is 0 Å². The molecule has 0 aliphatic rings. The molecular formula is C15H19N. The van der Waals surface area contributed by atoms with Crippen LogP contribution >= 0.6 is 0 Å². The molecule has 1 heterocycles. The van der Waals surface area contributed by atoms with E-state index in [4.69, 9.17) is 0 Å². The molecule has 0 amide bonds. The molecule has 1 nitrogen and oxygen atoms in total. The number of benzene rings is 1. The van der Waals surface area contributed by atoms with Gasteiger partial charge < -0.3 is 4.57 Å². The zero-order chi connectivity index (χ0) is 11.5. The Hall–Kier alpha value is -1.50. The molecule has 0 saturated heterocycles. The fourth-order valence-corrected chi connectivity index (χ4v) is 2.34. The van der Waals surface area contributed by atoms with Crippen molar-refractivity contribution in [1.29, 1.82) is 0 Å². The fraction of sp³-hybridized carbons (Fsp3) is 0.333. The lowest BCUT2D eigenvalue weighted by molar-refractivity contribution is 0.769. The van der Waals surface area contributed by atoms with Gasteiger partial charge in [-0.25, -0.2) is 0 Å². The standard InChI is InChI=1S/C15H19N/c1-4-5-6-10-14-11-13-9-7-8-12(2)15(13)16(14)3/h4,7-9,11H,1,5-6,10H2,2-3H3. The summed E-state index contributed by atoms with van der Waals surface area (Å²) < 4.78 is 2.33. The second-order valence-corrected chi connectivity index (χ2v) is 4.39. The summed E-state index contributed by atoms with van der Waals surface area (Å²) >= 11 is 0. The molecule has 0 spiro atoms. The van der Waals surface area contributed by atoms with Gasteiger partial charge in [0.2, 0.25) is 0 Å². The van der Waals surface area contributed by atoms with Gasteiger partial charge in [0.15, 0.2) is 0 Å². The molecule has 0 saturated carbocycles. The molecule has 0 N–H and O–H groups in total. The van der Waals surface area contributed by atoms with E-state index < -0.39 is 0 Å².